The van der Waals surface area contributed by atoms with Gasteiger partial charge in [0.25, 0.3) is 6.43 Å². The molecule has 2 N–H and O–H groups in total. The molecule has 0 saturated carbocycles. The first-order valence-electron chi connectivity index (χ1n) is 15.6. The van der Waals surface area contributed by atoms with Crippen LogP contribution in [-0.4, -0.2) is 116 Å². The quantitative estimate of drug-likeness (QED) is 0.470. The van der Waals surface area contributed by atoms with Crippen molar-refractivity contribution in [1.29, 1.82) is 0 Å². The Labute approximate surface area is 257 Å². The third-order valence-electron chi connectivity index (χ3n) is 9.88. The minimum Gasteiger partial charge on any atom is -0.404 e. The predicted molar refractivity (Wildman–Crippen MR) is 167 cm³/mol. The van der Waals surface area contributed by atoms with Crippen LogP contribution in [0.1, 0.15) is 43.9 Å². The molecule has 3 unspecified atom stereocenters. The molecule has 1 aromatic heterocycles. The number of hydrogen-bond acceptors (Lipinski definition) is 9. The third kappa shape index (κ3) is 5.52. The highest BCUT2D eigenvalue weighted by Crippen LogP contribution is 2.43. The van der Waals surface area contributed by atoms with Gasteiger partial charge in [0.2, 0.25) is 5.91 Å². The number of alkyl halides is 2. The summed E-state index contributed by atoms with van der Waals surface area (Å²) in [6.45, 7) is 11.4. The van der Waals surface area contributed by atoms with E-state index < -0.39 is 12.0 Å². The third-order valence-corrected chi connectivity index (χ3v) is 9.88. The fourth-order valence-corrected chi connectivity index (χ4v) is 7.50. The number of aromatic nitrogens is 1. The van der Waals surface area contributed by atoms with Crippen LogP contribution < -0.4 is 15.5 Å². The molecular weight excluding hydrogens is 568 g/mol. The summed E-state index contributed by atoms with van der Waals surface area (Å²) in [6, 6.07) is 2.47. The number of methoxy groups -OCH3 is 1. The van der Waals surface area contributed by atoms with Crippen LogP contribution >= 0.6 is 0 Å². The zero-order valence-corrected chi connectivity index (χ0v) is 25.6. The molecule has 6 rings (SSSR count). The molecule has 0 bridgehead atoms. The molecule has 1 amide bonds. The average Bonchev–Trinajstić information content (AvgIpc) is 3.16. The Bertz CT molecular complexity index is 1350. The molecule has 238 valence electrons. The van der Waals surface area contributed by atoms with E-state index in [9.17, 15) is 13.6 Å². The molecule has 1 aromatic rings. The number of rotatable bonds is 7. The monoisotopic (exact) mass is 611 g/mol. The Kier molecular flexibility index (Phi) is 8.76. The van der Waals surface area contributed by atoms with E-state index in [1.807, 2.05) is 30.0 Å². The first kappa shape index (κ1) is 30.7. The van der Waals surface area contributed by atoms with Gasteiger partial charge in [-0.2, -0.15) is 0 Å². The second kappa shape index (κ2) is 12.6. The number of carbonyl (C=O) groups excluding carboxylic acids is 1. The zero-order chi connectivity index (χ0) is 31.0. The Morgan fingerprint density at radius 1 is 1.23 bits per heavy atom. The maximum absolute atomic E-state index is 14.5. The molecule has 44 heavy (non-hydrogen) atoms. The number of pyridine rings is 1. The van der Waals surface area contributed by atoms with Crippen LogP contribution in [0.5, 0.6) is 0 Å². The summed E-state index contributed by atoms with van der Waals surface area (Å²) >= 11 is 0. The van der Waals surface area contributed by atoms with E-state index in [0.717, 1.165) is 43.0 Å². The van der Waals surface area contributed by atoms with Crippen molar-refractivity contribution in [1.82, 2.24) is 14.8 Å². The maximum atomic E-state index is 14.5. The van der Waals surface area contributed by atoms with Crippen LogP contribution in [0.15, 0.2) is 41.6 Å². The lowest BCUT2D eigenvalue weighted by Crippen LogP contribution is -2.69. The number of nitrogens with zero attached hydrogens (tertiary/aromatic N) is 6. The molecule has 1 spiro atoms. The highest BCUT2D eigenvalue weighted by Gasteiger charge is 2.47. The van der Waals surface area contributed by atoms with E-state index in [2.05, 4.69) is 26.3 Å². The van der Waals surface area contributed by atoms with Gasteiger partial charge >= 0.3 is 0 Å². The largest absolute Gasteiger partial charge is 0.404 e. The summed E-state index contributed by atoms with van der Waals surface area (Å²) in [5.74, 6) is 0.533. The number of carbonyl (C=O) groups is 1. The molecule has 0 aliphatic carbocycles. The van der Waals surface area contributed by atoms with Crippen molar-refractivity contribution >= 4 is 29.2 Å². The number of amides is 1. The second-order valence-corrected chi connectivity index (χ2v) is 12.3. The summed E-state index contributed by atoms with van der Waals surface area (Å²) < 4.78 is 41.0. The molecule has 12 heteroatoms. The van der Waals surface area contributed by atoms with Crippen molar-refractivity contribution in [2.24, 2.45) is 10.7 Å². The van der Waals surface area contributed by atoms with E-state index in [0.29, 0.717) is 69.6 Å². The molecule has 3 fully saturated rings. The Morgan fingerprint density at radius 2 is 1.98 bits per heavy atom. The van der Waals surface area contributed by atoms with Gasteiger partial charge in [-0.3, -0.25) is 14.7 Å². The summed E-state index contributed by atoms with van der Waals surface area (Å²) in [6.07, 6.45) is 5.97. The van der Waals surface area contributed by atoms with Crippen LogP contribution in [0.4, 0.5) is 20.3 Å². The number of ether oxygens (including phenoxy) is 2. The number of piperidine rings is 1. The number of anilines is 2. The van der Waals surface area contributed by atoms with Crippen molar-refractivity contribution in [3.05, 3.63) is 47.8 Å². The predicted octanol–water partition coefficient (Wildman–Crippen LogP) is 3.01. The molecule has 0 aromatic carbocycles. The lowest BCUT2D eigenvalue weighted by molar-refractivity contribution is -0.128. The minimum atomic E-state index is -2.69. The molecule has 10 nitrogen and oxygen atoms in total. The highest BCUT2D eigenvalue weighted by atomic mass is 19.3. The molecule has 3 saturated heterocycles. The highest BCUT2D eigenvalue weighted by molar-refractivity contribution is 6.06. The van der Waals surface area contributed by atoms with E-state index in [1.54, 1.807) is 13.3 Å². The summed E-state index contributed by atoms with van der Waals surface area (Å²) in [5.41, 5.74) is 8.19. The van der Waals surface area contributed by atoms with E-state index in [4.69, 9.17) is 20.2 Å². The summed E-state index contributed by atoms with van der Waals surface area (Å²) in [4.78, 5) is 30.1. The smallest absolute Gasteiger partial charge is 0.281 e. The lowest BCUT2D eigenvalue weighted by atomic mass is 9.82. The Balaban J connectivity index is 1.22. The van der Waals surface area contributed by atoms with Gasteiger partial charge in [0.1, 0.15) is 23.2 Å². The number of hydrogen-bond donors (Lipinski definition) is 1. The minimum absolute atomic E-state index is 0.0336. The van der Waals surface area contributed by atoms with E-state index >= 15 is 0 Å². The van der Waals surface area contributed by atoms with Crippen LogP contribution in [0.25, 0.3) is 6.08 Å². The van der Waals surface area contributed by atoms with Crippen molar-refractivity contribution in [3.63, 3.8) is 0 Å². The van der Waals surface area contributed by atoms with Crippen molar-refractivity contribution in [3.8, 4) is 0 Å². The number of aliphatic imine (C=N–C) groups is 1. The fourth-order valence-electron chi connectivity index (χ4n) is 7.50. The number of piperazine rings is 1. The van der Waals surface area contributed by atoms with Gasteiger partial charge in [0.15, 0.2) is 0 Å². The molecule has 5 aliphatic rings. The molecule has 6 heterocycles. The summed E-state index contributed by atoms with van der Waals surface area (Å²) in [7, 11) is 1.65. The Hall–Kier alpha value is -3.35. The average molecular weight is 612 g/mol. The topological polar surface area (TPSA) is 99.8 Å². The standard InChI is InChI=1S/C32H43F2N7O3/c1-4-28(42)40-14-12-38(13-15-40)26-19-41-24(26)7-5-6-23-25(41)16-27(37-29(23)31(33)34)39-10-8-32(9-11-39)30(21(2)17-35)36-18-22(44-32)20-43-3/h4-6,16-17,22,24,26,31H,1,7-15,18-20,35H2,2-3H3/b21-17-. The first-order chi connectivity index (χ1) is 21.3. The van der Waals surface area contributed by atoms with Gasteiger partial charge in [-0.05, 0) is 44.0 Å². The molecular formula is C32H43F2N7O3. The number of fused-ring (bicyclic) bond motifs is 3. The summed E-state index contributed by atoms with van der Waals surface area (Å²) in [5, 5.41) is 0. The normalized spacial score (nSPS) is 27.0. The van der Waals surface area contributed by atoms with Crippen molar-refractivity contribution in [2.45, 2.75) is 56.4 Å². The zero-order valence-electron chi connectivity index (χ0n) is 25.6. The van der Waals surface area contributed by atoms with Crippen LogP contribution in [-0.2, 0) is 14.3 Å². The fraction of sp³-hybridized carbons (Fsp3) is 0.594. The lowest BCUT2D eigenvalue weighted by Gasteiger charge is -2.55. The van der Waals surface area contributed by atoms with Gasteiger partial charge in [-0.25, -0.2) is 13.8 Å². The SMILES string of the molecule is C=CC(=O)N1CCN(C2CN3c4cc(N5CCC6(CC5)OC(COC)CN=C6/C(C)=C\N)nc(C(F)F)c4C=CCC23)CC1. The van der Waals surface area contributed by atoms with Crippen LogP contribution in [0.3, 0.4) is 0 Å². The van der Waals surface area contributed by atoms with E-state index in [1.165, 1.54) is 6.08 Å². The van der Waals surface area contributed by atoms with Gasteiger partial charge in [-0.15, -0.1) is 0 Å². The van der Waals surface area contributed by atoms with Gasteiger partial charge in [0.05, 0.1) is 24.6 Å². The number of nitrogens with two attached hydrogens (primary N) is 1. The number of halogens is 2. The first-order valence-corrected chi connectivity index (χ1v) is 15.6. The second-order valence-electron chi connectivity index (χ2n) is 12.3. The molecule has 5 aliphatic heterocycles. The molecule has 0 radical (unpaired) electrons. The van der Waals surface area contributed by atoms with E-state index in [-0.39, 0.29) is 23.7 Å². The maximum Gasteiger partial charge on any atom is 0.281 e. The van der Waals surface area contributed by atoms with Crippen LogP contribution in [0.2, 0.25) is 0 Å². The van der Waals surface area contributed by atoms with Gasteiger partial charge in [0, 0.05) is 76.6 Å². The van der Waals surface area contributed by atoms with Gasteiger partial charge < -0.3 is 29.9 Å². The van der Waals surface area contributed by atoms with Crippen LogP contribution in [0, 0.1) is 0 Å². The van der Waals surface area contributed by atoms with Crippen molar-refractivity contribution in [2.75, 3.05) is 75.9 Å². The Morgan fingerprint density at radius 3 is 2.64 bits per heavy atom. The van der Waals surface area contributed by atoms with Gasteiger partial charge in [-0.1, -0.05) is 18.7 Å². The molecule has 3 atom stereocenters. The van der Waals surface area contributed by atoms with Crippen molar-refractivity contribution < 1.29 is 23.0 Å².